The highest BCUT2D eigenvalue weighted by atomic mass is 16.6. The van der Waals surface area contributed by atoms with Gasteiger partial charge in [0.1, 0.15) is 0 Å². The molecule has 0 radical (unpaired) electrons. The summed E-state index contributed by atoms with van der Waals surface area (Å²) in [6, 6.07) is 0. The van der Waals surface area contributed by atoms with Gasteiger partial charge in [0.2, 0.25) is 17.6 Å². The molecule has 0 aliphatic carbocycles. The normalized spacial score (nSPS) is 14.6. The van der Waals surface area contributed by atoms with Crippen molar-refractivity contribution in [1.82, 2.24) is 9.97 Å². The van der Waals surface area contributed by atoms with Gasteiger partial charge < -0.3 is 15.5 Å². The fourth-order valence-corrected chi connectivity index (χ4v) is 2.42. The molecule has 0 saturated carbocycles. The average molecular weight is 280 g/mol. The van der Waals surface area contributed by atoms with E-state index in [1.165, 1.54) is 0 Å². The zero-order valence-corrected chi connectivity index (χ0v) is 11.9. The standard InChI is InChI=1S/C12H20N6O2/c1-3-16(4-2)12-14-10(13)9(18(19)20)11(15-12)17-7-5-6-8-17/h3-8H2,1-2H3,(H2,13,14,15). The summed E-state index contributed by atoms with van der Waals surface area (Å²) in [5, 5.41) is 11.2. The summed E-state index contributed by atoms with van der Waals surface area (Å²) in [5.41, 5.74) is 5.61. The highest BCUT2D eigenvalue weighted by molar-refractivity contribution is 5.71. The number of nitrogens with two attached hydrogens (primary N) is 1. The van der Waals surface area contributed by atoms with E-state index in [4.69, 9.17) is 5.73 Å². The van der Waals surface area contributed by atoms with Crippen LogP contribution in [0.25, 0.3) is 0 Å². The zero-order valence-electron chi connectivity index (χ0n) is 11.9. The Hall–Kier alpha value is -2.12. The van der Waals surface area contributed by atoms with Crippen molar-refractivity contribution in [2.24, 2.45) is 0 Å². The molecule has 0 amide bonds. The van der Waals surface area contributed by atoms with Gasteiger partial charge in [0, 0.05) is 26.2 Å². The van der Waals surface area contributed by atoms with Gasteiger partial charge >= 0.3 is 5.69 Å². The lowest BCUT2D eigenvalue weighted by Crippen LogP contribution is -2.27. The molecule has 8 nitrogen and oxygen atoms in total. The lowest BCUT2D eigenvalue weighted by atomic mass is 10.4. The highest BCUT2D eigenvalue weighted by Crippen LogP contribution is 2.34. The second-order valence-electron chi connectivity index (χ2n) is 4.70. The van der Waals surface area contributed by atoms with Crippen molar-refractivity contribution >= 4 is 23.3 Å². The van der Waals surface area contributed by atoms with Crippen LogP contribution in [0.1, 0.15) is 26.7 Å². The number of hydrogen-bond acceptors (Lipinski definition) is 7. The predicted octanol–water partition coefficient (Wildman–Crippen LogP) is 1.41. The number of aromatic nitrogens is 2. The number of nitrogen functional groups attached to an aromatic ring is 1. The summed E-state index contributed by atoms with van der Waals surface area (Å²) in [5.74, 6) is 0.746. The topological polar surface area (TPSA) is 101 Å². The van der Waals surface area contributed by atoms with E-state index in [1.807, 2.05) is 23.6 Å². The molecule has 0 aromatic carbocycles. The molecule has 1 fully saturated rings. The maximum atomic E-state index is 11.2. The number of nitrogens with zero attached hydrogens (tertiary/aromatic N) is 5. The highest BCUT2D eigenvalue weighted by Gasteiger charge is 2.29. The van der Waals surface area contributed by atoms with E-state index in [1.54, 1.807) is 0 Å². The van der Waals surface area contributed by atoms with Gasteiger partial charge in [-0.15, -0.1) is 0 Å². The summed E-state index contributed by atoms with van der Waals surface area (Å²) in [7, 11) is 0. The number of rotatable bonds is 5. The summed E-state index contributed by atoms with van der Waals surface area (Å²) in [6.45, 7) is 6.98. The Balaban J connectivity index is 2.51. The summed E-state index contributed by atoms with van der Waals surface area (Å²) in [4.78, 5) is 23.1. The van der Waals surface area contributed by atoms with Gasteiger partial charge in [-0.25, -0.2) is 0 Å². The van der Waals surface area contributed by atoms with Crippen LogP contribution in [0, 0.1) is 10.1 Å². The first kappa shape index (κ1) is 14.3. The van der Waals surface area contributed by atoms with Crippen LogP contribution in [0.4, 0.5) is 23.3 Å². The molecule has 1 aromatic rings. The first-order chi connectivity index (χ1) is 9.58. The predicted molar refractivity (Wildman–Crippen MR) is 78.1 cm³/mol. The van der Waals surface area contributed by atoms with Gasteiger partial charge in [-0.05, 0) is 26.7 Å². The van der Waals surface area contributed by atoms with Crippen LogP contribution in [-0.2, 0) is 0 Å². The molecule has 1 aromatic heterocycles. The third kappa shape index (κ3) is 2.59. The minimum Gasteiger partial charge on any atom is -0.378 e. The quantitative estimate of drug-likeness (QED) is 0.642. The third-order valence-corrected chi connectivity index (χ3v) is 3.52. The Morgan fingerprint density at radius 2 is 1.90 bits per heavy atom. The molecule has 0 unspecified atom stereocenters. The Morgan fingerprint density at radius 1 is 1.30 bits per heavy atom. The van der Waals surface area contributed by atoms with Crippen molar-refractivity contribution in [3.63, 3.8) is 0 Å². The smallest absolute Gasteiger partial charge is 0.353 e. The minimum atomic E-state index is -0.491. The molecule has 8 heteroatoms. The van der Waals surface area contributed by atoms with E-state index in [0.29, 0.717) is 11.8 Å². The average Bonchev–Trinajstić information content (AvgIpc) is 2.92. The van der Waals surface area contributed by atoms with Crippen LogP contribution in [0.3, 0.4) is 0 Å². The van der Waals surface area contributed by atoms with E-state index in [-0.39, 0.29) is 11.5 Å². The molecule has 2 N–H and O–H groups in total. The van der Waals surface area contributed by atoms with E-state index in [0.717, 1.165) is 39.0 Å². The van der Waals surface area contributed by atoms with Crippen LogP contribution in [0.5, 0.6) is 0 Å². The van der Waals surface area contributed by atoms with Crippen LogP contribution in [-0.4, -0.2) is 41.1 Å². The Bertz CT molecular complexity index is 497. The third-order valence-electron chi connectivity index (χ3n) is 3.52. The van der Waals surface area contributed by atoms with Gasteiger partial charge in [-0.2, -0.15) is 9.97 Å². The second kappa shape index (κ2) is 5.89. The van der Waals surface area contributed by atoms with Gasteiger partial charge in [0.15, 0.2) is 0 Å². The van der Waals surface area contributed by atoms with Gasteiger partial charge in [-0.3, -0.25) is 10.1 Å². The second-order valence-corrected chi connectivity index (χ2v) is 4.70. The van der Waals surface area contributed by atoms with Crippen molar-refractivity contribution in [3.05, 3.63) is 10.1 Å². The number of nitro groups is 1. The van der Waals surface area contributed by atoms with Crippen LogP contribution in [0.15, 0.2) is 0 Å². The first-order valence-corrected chi connectivity index (χ1v) is 6.90. The molecular weight excluding hydrogens is 260 g/mol. The maximum absolute atomic E-state index is 11.2. The molecule has 1 aliphatic heterocycles. The van der Waals surface area contributed by atoms with Crippen molar-refractivity contribution in [1.29, 1.82) is 0 Å². The lowest BCUT2D eigenvalue weighted by molar-refractivity contribution is -0.383. The van der Waals surface area contributed by atoms with E-state index in [9.17, 15) is 10.1 Å². The fourth-order valence-electron chi connectivity index (χ4n) is 2.42. The van der Waals surface area contributed by atoms with E-state index >= 15 is 0 Å². The summed E-state index contributed by atoms with van der Waals surface area (Å²) >= 11 is 0. The van der Waals surface area contributed by atoms with Gasteiger partial charge in [-0.1, -0.05) is 0 Å². The molecule has 2 heterocycles. The Labute approximate surface area is 117 Å². The van der Waals surface area contributed by atoms with Crippen molar-refractivity contribution in [2.45, 2.75) is 26.7 Å². The van der Waals surface area contributed by atoms with Gasteiger partial charge in [0.25, 0.3) is 0 Å². The number of hydrogen-bond donors (Lipinski definition) is 1. The van der Waals surface area contributed by atoms with Crippen molar-refractivity contribution in [3.8, 4) is 0 Å². The molecule has 0 bridgehead atoms. The minimum absolute atomic E-state index is 0.0613. The summed E-state index contributed by atoms with van der Waals surface area (Å²) < 4.78 is 0. The summed E-state index contributed by atoms with van der Waals surface area (Å²) in [6.07, 6.45) is 2.03. The lowest BCUT2D eigenvalue weighted by Gasteiger charge is -2.22. The van der Waals surface area contributed by atoms with Crippen LogP contribution >= 0.6 is 0 Å². The van der Waals surface area contributed by atoms with Crippen LogP contribution in [0.2, 0.25) is 0 Å². The maximum Gasteiger partial charge on any atom is 0.353 e. The van der Waals surface area contributed by atoms with E-state index in [2.05, 4.69) is 9.97 Å². The van der Waals surface area contributed by atoms with E-state index < -0.39 is 4.92 Å². The molecule has 0 spiro atoms. The largest absolute Gasteiger partial charge is 0.378 e. The molecule has 2 rings (SSSR count). The molecular formula is C12H20N6O2. The number of anilines is 3. The Kier molecular flexibility index (Phi) is 4.21. The molecule has 1 saturated heterocycles. The molecule has 110 valence electrons. The van der Waals surface area contributed by atoms with Crippen molar-refractivity contribution < 1.29 is 4.92 Å². The molecule has 1 aliphatic rings. The molecule has 0 atom stereocenters. The van der Waals surface area contributed by atoms with Crippen molar-refractivity contribution in [2.75, 3.05) is 41.7 Å². The SMILES string of the molecule is CCN(CC)c1nc(N)c([N+](=O)[O-])c(N2CCCC2)n1. The van der Waals surface area contributed by atoms with Crippen LogP contribution < -0.4 is 15.5 Å². The first-order valence-electron chi connectivity index (χ1n) is 6.90. The monoisotopic (exact) mass is 280 g/mol. The van der Waals surface area contributed by atoms with Gasteiger partial charge in [0.05, 0.1) is 4.92 Å². The Morgan fingerprint density at radius 3 is 2.40 bits per heavy atom. The fraction of sp³-hybridized carbons (Fsp3) is 0.667. The zero-order chi connectivity index (χ0) is 14.7. The molecule has 20 heavy (non-hydrogen) atoms.